The Morgan fingerprint density at radius 2 is 1.58 bits per heavy atom. The molecule has 10 nitrogen and oxygen atoms in total. The molecule has 8 N–H and O–H groups in total. The van der Waals surface area contributed by atoms with E-state index in [1.165, 1.54) is 0 Å². The minimum Gasteiger partial charge on any atom is -0.394 e. The van der Waals surface area contributed by atoms with Crippen LogP contribution in [0.3, 0.4) is 0 Å². The molecule has 0 aromatic heterocycles. The average Bonchev–Trinajstić information content (AvgIpc) is 2.34. The lowest BCUT2D eigenvalue weighted by atomic mass is 10.0. The molecule has 0 unspecified atom stereocenters. The standard InChI is InChI=1S/C6H12O6.C2H7NO3S/c7-1-3(9)5(11)6(12)4(10)2-8;3-1-2-7(4,5)6/h1,3-6,8-12H,2H2;1-3H2,(H,4,5,6)/t3-,4+,5+,6+;/m0./s1. The first kappa shape index (κ1) is 20.7. The predicted octanol–water partition coefficient (Wildman–Crippen LogP) is -4.55. The van der Waals surface area contributed by atoms with Crippen LogP contribution in [0.1, 0.15) is 0 Å². The van der Waals surface area contributed by atoms with Gasteiger partial charge < -0.3 is 36.1 Å². The van der Waals surface area contributed by atoms with Crippen molar-refractivity contribution in [3.8, 4) is 0 Å². The molecule has 11 heteroatoms. The Hall–Kier alpha value is -0.660. The molecule has 0 saturated carbocycles. The summed E-state index contributed by atoms with van der Waals surface area (Å²) >= 11 is 0. The molecule has 0 saturated heterocycles. The van der Waals surface area contributed by atoms with Crippen molar-refractivity contribution in [1.82, 2.24) is 0 Å². The molecule has 0 aliphatic heterocycles. The number of hydrogen-bond donors (Lipinski definition) is 7. The van der Waals surface area contributed by atoms with Crippen molar-refractivity contribution in [2.75, 3.05) is 18.9 Å². The van der Waals surface area contributed by atoms with Gasteiger partial charge in [-0.1, -0.05) is 0 Å². The van der Waals surface area contributed by atoms with E-state index in [2.05, 4.69) is 0 Å². The summed E-state index contributed by atoms with van der Waals surface area (Å²) in [6.07, 6.45) is -6.84. The van der Waals surface area contributed by atoms with Gasteiger partial charge in [0.05, 0.1) is 12.4 Å². The Labute approximate surface area is 109 Å². The summed E-state index contributed by atoms with van der Waals surface area (Å²) in [7, 11) is -3.80. The van der Waals surface area contributed by atoms with Crippen molar-refractivity contribution >= 4 is 16.4 Å². The van der Waals surface area contributed by atoms with Crippen LogP contribution < -0.4 is 5.73 Å². The Morgan fingerprint density at radius 1 is 1.11 bits per heavy atom. The normalized spacial score (nSPS) is 17.6. The predicted molar refractivity (Wildman–Crippen MR) is 62.6 cm³/mol. The second-order valence-electron chi connectivity index (χ2n) is 3.43. The fourth-order valence-electron chi connectivity index (χ4n) is 0.767. The van der Waals surface area contributed by atoms with E-state index in [-0.39, 0.29) is 18.6 Å². The van der Waals surface area contributed by atoms with Gasteiger partial charge in [-0.25, -0.2) is 0 Å². The number of rotatable bonds is 7. The van der Waals surface area contributed by atoms with E-state index in [4.69, 9.17) is 35.8 Å². The first-order valence-electron chi connectivity index (χ1n) is 5.04. The van der Waals surface area contributed by atoms with Gasteiger partial charge in [-0.05, 0) is 0 Å². The molecule has 19 heavy (non-hydrogen) atoms. The molecule has 0 aliphatic rings. The summed E-state index contributed by atoms with van der Waals surface area (Å²) in [5.74, 6) is -0.354. The molecule has 0 rings (SSSR count). The number of hydrogen-bond acceptors (Lipinski definition) is 9. The molecular formula is C8H19NO9S. The highest BCUT2D eigenvalue weighted by atomic mass is 32.2. The third-order valence-corrected chi connectivity index (χ3v) is 2.55. The second-order valence-corrected chi connectivity index (χ2v) is 5.00. The van der Waals surface area contributed by atoms with Gasteiger partial charge in [-0.2, -0.15) is 8.42 Å². The minimum atomic E-state index is -3.80. The van der Waals surface area contributed by atoms with Gasteiger partial charge in [0, 0.05) is 6.54 Å². The molecule has 0 aromatic rings. The second kappa shape index (κ2) is 10.2. The van der Waals surface area contributed by atoms with E-state index < -0.39 is 41.1 Å². The van der Waals surface area contributed by atoms with E-state index in [0.717, 1.165) is 0 Å². The zero-order valence-electron chi connectivity index (χ0n) is 9.90. The fraction of sp³-hybridized carbons (Fsp3) is 0.875. The highest BCUT2D eigenvalue weighted by Crippen LogP contribution is 2.02. The number of aldehydes is 1. The molecule has 0 aromatic carbocycles. The van der Waals surface area contributed by atoms with Gasteiger partial charge >= 0.3 is 0 Å². The van der Waals surface area contributed by atoms with E-state index >= 15 is 0 Å². The molecule has 0 bridgehead atoms. The molecule has 116 valence electrons. The fourth-order valence-corrected chi connectivity index (χ4v) is 1.06. The lowest BCUT2D eigenvalue weighted by Crippen LogP contribution is -2.46. The summed E-state index contributed by atoms with van der Waals surface area (Å²) in [6.45, 7) is -0.789. The van der Waals surface area contributed by atoms with Crippen LogP contribution in [0.15, 0.2) is 0 Å². The highest BCUT2D eigenvalue weighted by Gasteiger charge is 2.29. The summed E-state index contributed by atoms with van der Waals surface area (Å²) in [5.41, 5.74) is 4.78. The van der Waals surface area contributed by atoms with Crippen LogP contribution in [0.25, 0.3) is 0 Å². The quantitative estimate of drug-likeness (QED) is 0.177. The lowest BCUT2D eigenvalue weighted by Gasteiger charge is -2.22. The molecule has 0 radical (unpaired) electrons. The number of aliphatic hydroxyl groups is 5. The lowest BCUT2D eigenvalue weighted by molar-refractivity contribution is -0.136. The van der Waals surface area contributed by atoms with Crippen molar-refractivity contribution in [2.45, 2.75) is 24.4 Å². The average molecular weight is 305 g/mol. The van der Waals surface area contributed by atoms with Crippen LogP contribution in [0, 0.1) is 0 Å². The van der Waals surface area contributed by atoms with Crippen LogP contribution >= 0.6 is 0 Å². The van der Waals surface area contributed by atoms with Gasteiger partial charge in [0.25, 0.3) is 10.1 Å². The Balaban J connectivity index is 0. The Kier molecular flexibility index (Phi) is 11.1. The van der Waals surface area contributed by atoms with E-state index in [1.807, 2.05) is 0 Å². The van der Waals surface area contributed by atoms with Crippen LogP contribution in [0.4, 0.5) is 0 Å². The molecule has 0 heterocycles. The summed E-state index contributed by atoms with van der Waals surface area (Å²) in [5, 5.41) is 43.5. The van der Waals surface area contributed by atoms with Crippen molar-refractivity contribution in [3.05, 3.63) is 0 Å². The van der Waals surface area contributed by atoms with E-state index in [0.29, 0.717) is 0 Å². The van der Waals surface area contributed by atoms with Gasteiger partial charge in [-0.15, -0.1) is 0 Å². The molecular weight excluding hydrogens is 286 g/mol. The molecule has 0 fully saturated rings. The van der Waals surface area contributed by atoms with Gasteiger partial charge in [0.1, 0.15) is 24.4 Å². The summed E-state index contributed by atoms with van der Waals surface area (Å²) in [6, 6.07) is 0. The van der Waals surface area contributed by atoms with Gasteiger partial charge in [0.15, 0.2) is 6.29 Å². The molecule has 0 aliphatic carbocycles. The largest absolute Gasteiger partial charge is 0.394 e. The van der Waals surface area contributed by atoms with Crippen molar-refractivity contribution in [1.29, 1.82) is 0 Å². The third kappa shape index (κ3) is 10.9. The first-order chi connectivity index (χ1) is 8.60. The Bertz CT molecular complexity index is 333. The third-order valence-electron chi connectivity index (χ3n) is 1.80. The minimum absolute atomic E-state index is 0.0258. The SMILES string of the molecule is NCCS(=O)(=O)O.O=C[C@H](O)[C@@H](O)[C@H](O)[C@H](O)CO. The van der Waals surface area contributed by atoms with Crippen molar-refractivity contribution in [2.24, 2.45) is 5.73 Å². The first-order valence-corrected chi connectivity index (χ1v) is 6.65. The van der Waals surface area contributed by atoms with Gasteiger partial charge in [0.2, 0.25) is 0 Å². The number of nitrogens with two attached hydrogens (primary N) is 1. The molecule has 4 atom stereocenters. The van der Waals surface area contributed by atoms with Gasteiger partial charge in [-0.3, -0.25) is 4.55 Å². The maximum absolute atomic E-state index is 9.90. The zero-order chi connectivity index (χ0) is 15.6. The molecule has 0 spiro atoms. The van der Waals surface area contributed by atoms with Crippen molar-refractivity contribution in [3.63, 3.8) is 0 Å². The molecule has 0 amide bonds. The maximum atomic E-state index is 9.90. The number of aliphatic hydroxyl groups excluding tert-OH is 5. The van der Waals surface area contributed by atoms with Crippen LogP contribution in [-0.4, -0.2) is 88.1 Å². The topological polar surface area (TPSA) is 199 Å². The van der Waals surface area contributed by atoms with Crippen LogP contribution in [0.2, 0.25) is 0 Å². The summed E-state index contributed by atoms with van der Waals surface area (Å²) < 4.78 is 27.3. The van der Waals surface area contributed by atoms with Crippen LogP contribution in [-0.2, 0) is 14.9 Å². The highest BCUT2D eigenvalue weighted by molar-refractivity contribution is 7.85. The maximum Gasteiger partial charge on any atom is 0.266 e. The number of carbonyl (C=O) groups excluding carboxylic acids is 1. The Morgan fingerprint density at radius 3 is 1.79 bits per heavy atom. The van der Waals surface area contributed by atoms with E-state index in [1.54, 1.807) is 0 Å². The van der Waals surface area contributed by atoms with Crippen molar-refractivity contribution < 1.29 is 43.3 Å². The number of carbonyl (C=O) groups is 1. The zero-order valence-corrected chi connectivity index (χ0v) is 10.7. The monoisotopic (exact) mass is 305 g/mol. The van der Waals surface area contributed by atoms with E-state index in [9.17, 15) is 13.2 Å². The van der Waals surface area contributed by atoms with Crippen LogP contribution in [0.5, 0.6) is 0 Å². The summed E-state index contributed by atoms with van der Waals surface area (Å²) in [4.78, 5) is 9.90. The smallest absolute Gasteiger partial charge is 0.266 e.